The number of benzene rings is 2. The molecule has 1 atom stereocenters. The fourth-order valence-electron chi connectivity index (χ4n) is 2.75. The Morgan fingerprint density at radius 2 is 1.85 bits per heavy atom. The summed E-state index contributed by atoms with van der Waals surface area (Å²) in [4.78, 5) is 25.4. The van der Waals surface area contributed by atoms with Crippen LogP contribution in [0, 0.1) is 0 Å². The molecule has 8 heteroatoms. The summed E-state index contributed by atoms with van der Waals surface area (Å²) in [6.07, 6.45) is 0.994. The van der Waals surface area contributed by atoms with E-state index in [2.05, 4.69) is 30.6 Å². The van der Waals surface area contributed by atoms with Crippen LogP contribution in [-0.2, 0) is 0 Å². The Morgan fingerprint density at radius 3 is 2.70 bits per heavy atom. The van der Waals surface area contributed by atoms with Gasteiger partial charge in [0.15, 0.2) is 0 Å². The van der Waals surface area contributed by atoms with Crippen molar-refractivity contribution in [1.82, 2.24) is 19.9 Å². The summed E-state index contributed by atoms with van der Waals surface area (Å²) < 4.78 is 0. The second-order valence-corrected chi connectivity index (χ2v) is 6.04. The highest BCUT2D eigenvalue weighted by molar-refractivity contribution is 5.79. The maximum atomic E-state index is 11.3. The van der Waals surface area contributed by atoms with E-state index in [0.29, 0.717) is 23.8 Å². The Kier molecular flexibility index (Phi) is 4.54. The lowest BCUT2D eigenvalue weighted by Gasteiger charge is -2.13. The van der Waals surface area contributed by atoms with Crippen LogP contribution in [0.3, 0.4) is 0 Å². The van der Waals surface area contributed by atoms with Gasteiger partial charge in [-0.25, -0.2) is 9.78 Å². The second kappa shape index (κ2) is 7.30. The number of hydrogen-bond acceptors (Lipinski definition) is 6. The zero-order valence-corrected chi connectivity index (χ0v) is 14.3. The molecule has 0 radical (unpaired) electrons. The Morgan fingerprint density at radius 1 is 1.04 bits per heavy atom. The second-order valence-electron chi connectivity index (χ2n) is 6.04. The number of nitrogens with zero attached hydrogens (tertiary/aromatic N) is 2. The third-order valence-electron chi connectivity index (χ3n) is 4.09. The molecule has 5 N–H and O–H groups in total. The number of aliphatic hydroxyl groups excluding tert-OH is 1. The minimum Gasteiger partial charge on any atom is -0.387 e. The third kappa shape index (κ3) is 3.96. The molecule has 0 unspecified atom stereocenters. The molecule has 0 bridgehead atoms. The molecule has 0 aliphatic carbocycles. The summed E-state index contributed by atoms with van der Waals surface area (Å²) in [5, 5.41) is 16.4. The van der Waals surface area contributed by atoms with E-state index in [1.807, 2.05) is 36.4 Å². The number of fused-ring (bicyclic) bond motifs is 1. The molecule has 2 aromatic heterocycles. The van der Waals surface area contributed by atoms with Gasteiger partial charge in [-0.15, -0.1) is 0 Å². The summed E-state index contributed by atoms with van der Waals surface area (Å²) in [6.45, 7) is 0.330. The van der Waals surface area contributed by atoms with Crippen LogP contribution in [-0.4, -0.2) is 31.6 Å². The lowest BCUT2D eigenvalue weighted by Crippen LogP contribution is -2.13. The van der Waals surface area contributed by atoms with Crippen LogP contribution in [0.1, 0.15) is 11.7 Å². The molecule has 0 spiro atoms. The number of aromatic amines is 2. The van der Waals surface area contributed by atoms with Gasteiger partial charge in [0.2, 0.25) is 5.95 Å². The third-order valence-corrected chi connectivity index (χ3v) is 4.09. The number of anilines is 3. The SMILES string of the molecule is O=c1[nH]c2ccc(Nc3nccc(NC[C@H](O)c4ccccc4)n3)cc2[nH]1. The minimum absolute atomic E-state index is 0.249. The first kappa shape index (κ1) is 16.8. The van der Waals surface area contributed by atoms with E-state index in [4.69, 9.17) is 0 Å². The van der Waals surface area contributed by atoms with Crippen molar-refractivity contribution in [2.45, 2.75) is 6.10 Å². The predicted octanol–water partition coefficient (Wildman–Crippen LogP) is 2.54. The highest BCUT2D eigenvalue weighted by atomic mass is 16.3. The first-order valence-corrected chi connectivity index (χ1v) is 8.46. The van der Waals surface area contributed by atoms with Crippen LogP contribution in [0.15, 0.2) is 65.6 Å². The van der Waals surface area contributed by atoms with Gasteiger partial charge in [-0.05, 0) is 29.8 Å². The van der Waals surface area contributed by atoms with Crippen molar-refractivity contribution in [3.8, 4) is 0 Å². The van der Waals surface area contributed by atoms with Crippen LogP contribution in [0.5, 0.6) is 0 Å². The van der Waals surface area contributed by atoms with E-state index < -0.39 is 6.10 Å². The quantitative estimate of drug-likeness (QED) is 0.360. The van der Waals surface area contributed by atoms with Crippen molar-refractivity contribution in [1.29, 1.82) is 0 Å². The fraction of sp³-hybridized carbons (Fsp3) is 0.105. The van der Waals surface area contributed by atoms with Crippen LogP contribution in [0.2, 0.25) is 0 Å². The first-order valence-electron chi connectivity index (χ1n) is 8.46. The molecule has 2 heterocycles. The molecular weight excluding hydrogens is 344 g/mol. The molecule has 27 heavy (non-hydrogen) atoms. The molecule has 4 rings (SSSR count). The number of H-pyrrole nitrogens is 2. The van der Waals surface area contributed by atoms with Gasteiger partial charge in [-0.3, -0.25) is 0 Å². The van der Waals surface area contributed by atoms with Gasteiger partial charge in [0.25, 0.3) is 0 Å². The maximum Gasteiger partial charge on any atom is 0.323 e. The van der Waals surface area contributed by atoms with Gasteiger partial charge >= 0.3 is 5.69 Å². The normalized spacial score (nSPS) is 12.0. The summed E-state index contributed by atoms with van der Waals surface area (Å²) >= 11 is 0. The number of hydrogen-bond donors (Lipinski definition) is 5. The van der Waals surface area contributed by atoms with Gasteiger partial charge in [0.05, 0.1) is 17.1 Å². The van der Waals surface area contributed by atoms with Crippen molar-refractivity contribution < 1.29 is 5.11 Å². The fourth-order valence-corrected chi connectivity index (χ4v) is 2.75. The number of imidazole rings is 1. The summed E-state index contributed by atoms with van der Waals surface area (Å²) in [7, 11) is 0. The van der Waals surface area contributed by atoms with E-state index in [0.717, 1.165) is 16.8 Å². The van der Waals surface area contributed by atoms with Gasteiger partial charge in [0, 0.05) is 18.4 Å². The molecule has 4 aromatic rings. The molecule has 0 fully saturated rings. The molecule has 2 aromatic carbocycles. The molecule has 0 aliphatic heterocycles. The zero-order valence-electron chi connectivity index (χ0n) is 14.3. The van der Waals surface area contributed by atoms with E-state index >= 15 is 0 Å². The molecule has 136 valence electrons. The van der Waals surface area contributed by atoms with Crippen molar-refractivity contribution >= 4 is 28.5 Å². The number of nitrogens with one attached hydrogen (secondary N) is 4. The average Bonchev–Trinajstić information content (AvgIpc) is 3.06. The van der Waals surface area contributed by atoms with E-state index in [9.17, 15) is 9.90 Å². The topological polar surface area (TPSA) is 119 Å². The molecule has 0 saturated carbocycles. The van der Waals surface area contributed by atoms with Crippen molar-refractivity contribution in [3.63, 3.8) is 0 Å². The average molecular weight is 362 g/mol. The van der Waals surface area contributed by atoms with Crippen LogP contribution >= 0.6 is 0 Å². The smallest absolute Gasteiger partial charge is 0.323 e. The molecule has 0 aliphatic rings. The zero-order chi connectivity index (χ0) is 18.6. The monoisotopic (exact) mass is 362 g/mol. The van der Waals surface area contributed by atoms with Gasteiger partial charge < -0.3 is 25.7 Å². The largest absolute Gasteiger partial charge is 0.387 e. The van der Waals surface area contributed by atoms with Crippen molar-refractivity contribution in [2.75, 3.05) is 17.2 Å². The Balaban J connectivity index is 1.44. The highest BCUT2D eigenvalue weighted by Crippen LogP contribution is 2.19. The minimum atomic E-state index is -0.634. The lowest BCUT2D eigenvalue weighted by atomic mass is 10.1. The van der Waals surface area contributed by atoms with E-state index in [1.165, 1.54) is 0 Å². The van der Waals surface area contributed by atoms with E-state index in [1.54, 1.807) is 24.4 Å². The Labute approximate surface area is 154 Å². The Bertz CT molecular complexity index is 1110. The van der Waals surface area contributed by atoms with Crippen LogP contribution < -0.4 is 16.3 Å². The lowest BCUT2D eigenvalue weighted by molar-refractivity contribution is 0.191. The van der Waals surface area contributed by atoms with E-state index in [-0.39, 0.29) is 5.69 Å². The molecule has 0 amide bonds. The number of rotatable bonds is 6. The maximum absolute atomic E-state index is 11.3. The molecular formula is C19H18N6O2. The van der Waals surface area contributed by atoms with Crippen LogP contribution in [0.4, 0.5) is 17.5 Å². The van der Waals surface area contributed by atoms with Crippen LogP contribution in [0.25, 0.3) is 11.0 Å². The summed E-state index contributed by atoms with van der Waals surface area (Å²) in [5.41, 5.74) is 2.77. The van der Waals surface area contributed by atoms with Crippen molar-refractivity contribution in [2.24, 2.45) is 0 Å². The molecule has 8 nitrogen and oxygen atoms in total. The number of aromatic nitrogens is 4. The summed E-state index contributed by atoms with van der Waals surface area (Å²) in [5.74, 6) is 1.00. The number of aliphatic hydroxyl groups is 1. The van der Waals surface area contributed by atoms with Crippen molar-refractivity contribution in [3.05, 3.63) is 76.8 Å². The standard InChI is InChI=1S/C19H18N6O2/c26-16(12-4-2-1-3-5-12)11-21-17-8-9-20-18(25-17)22-13-6-7-14-15(10-13)24-19(27)23-14/h1-10,16,26H,11H2,(H2,23,24,27)(H2,20,21,22,25)/t16-/m0/s1. The van der Waals surface area contributed by atoms with Gasteiger partial charge in [-0.2, -0.15) is 4.98 Å². The Hall–Kier alpha value is -3.65. The highest BCUT2D eigenvalue weighted by Gasteiger charge is 2.08. The molecule has 0 saturated heterocycles. The van der Waals surface area contributed by atoms with Gasteiger partial charge in [0.1, 0.15) is 5.82 Å². The first-order chi connectivity index (χ1) is 13.2. The summed E-state index contributed by atoms with van der Waals surface area (Å²) in [6, 6.07) is 16.6. The van der Waals surface area contributed by atoms with Gasteiger partial charge in [-0.1, -0.05) is 30.3 Å². The predicted molar refractivity (Wildman–Crippen MR) is 104 cm³/mol.